The summed E-state index contributed by atoms with van der Waals surface area (Å²) < 4.78 is 25.5. The molecular weight excluding hydrogens is 256 g/mol. The molecule has 1 rings (SSSR count). The summed E-state index contributed by atoms with van der Waals surface area (Å²) in [6, 6.07) is 1.12. The highest BCUT2D eigenvalue weighted by Crippen LogP contribution is 2.21. The molecule has 0 saturated carbocycles. The van der Waals surface area contributed by atoms with Crippen molar-refractivity contribution in [3.8, 4) is 0 Å². The van der Waals surface area contributed by atoms with Crippen LogP contribution in [0.1, 0.15) is 31.3 Å². The molecule has 0 atom stereocenters. The van der Waals surface area contributed by atoms with E-state index in [1.54, 1.807) is 0 Å². The Balaban J connectivity index is 3.02. The predicted octanol–water partition coefficient (Wildman–Crippen LogP) is 1.38. The summed E-state index contributed by atoms with van der Waals surface area (Å²) in [5.74, 6) is -1.19. The standard InChI is InChI=1S/C11H18N2O4S/c1-11(2,3)7-13(4)18(16,17)8-5-9(10(14)15)12-6-8/h5-6,12H,7H2,1-4H3,(H,14,15). The van der Waals surface area contributed by atoms with E-state index in [1.807, 2.05) is 20.8 Å². The zero-order valence-corrected chi connectivity index (χ0v) is 11.7. The van der Waals surface area contributed by atoms with E-state index in [9.17, 15) is 13.2 Å². The van der Waals surface area contributed by atoms with Crippen LogP contribution in [0.15, 0.2) is 17.2 Å². The van der Waals surface area contributed by atoms with Crippen LogP contribution in [-0.2, 0) is 10.0 Å². The minimum Gasteiger partial charge on any atom is -0.477 e. The lowest BCUT2D eigenvalue weighted by Crippen LogP contribution is -2.34. The molecule has 7 heteroatoms. The van der Waals surface area contributed by atoms with Gasteiger partial charge in [-0.3, -0.25) is 0 Å². The number of aromatic carboxylic acids is 1. The molecule has 1 aromatic heterocycles. The van der Waals surface area contributed by atoms with Crippen molar-refractivity contribution in [1.29, 1.82) is 0 Å². The van der Waals surface area contributed by atoms with Gasteiger partial charge in [0.05, 0.1) is 0 Å². The molecule has 0 saturated heterocycles. The summed E-state index contributed by atoms with van der Waals surface area (Å²) >= 11 is 0. The lowest BCUT2D eigenvalue weighted by Gasteiger charge is -2.25. The van der Waals surface area contributed by atoms with Crippen molar-refractivity contribution in [3.05, 3.63) is 18.0 Å². The highest BCUT2D eigenvalue weighted by Gasteiger charge is 2.26. The molecule has 0 unspecified atom stereocenters. The number of rotatable bonds is 4. The molecule has 0 aromatic carbocycles. The van der Waals surface area contributed by atoms with Crippen LogP contribution in [0, 0.1) is 5.41 Å². The lowest BCUT2D eigenvalue weighted by atomic mass is 9.97. The van der Waals surface area contributed by atoms with Crippen molar-refractivity contribution in [2.24, 2.45) is 5.41 Å². The van der Waals surface area contributed by atoms with Crippen LogP contribution >= 0.6 is 0 Å². The Morgan fingerprint density at radius 2 is 2.00 bits per heavy atom. The fraction of sp³-hybridized carbons (Fsp3) is 0.545. The van der Waals surface area contributed by atoms with E-state index in [4.69, 9.17) is 5.11 Å². The van der Waals surface area contributed by atoms with Gasteiger partial charge in [0.2, 0.25) is 10.0 Å². The molecule has 0 aliphatic carbocycles. The lowest BCUT2D eigenvalue weighted by molar-refractivity contribution is 0.0691. The topological polar surface area (TPSA) is 90.5 Å². The quantitative estimate of drug-likeness (QED) is 0.867. The van der Waals surface area contributed by atoms with Gasteiger partial charge in [-0.15, -0.1) is 0 Å². The summed E-state index contributed by atoms with van der Waals surface area (Å²) in [5.41, 5.74) is -0.314. The molecule has 102 valence electrons. The van der Waals surface area contributed by atoms with Crippen LogP contribution in [0.2, 0.25) is 0 Å². The van der Waals surface area contributed by atoms with Gasteiger partial charge in [0, 0.05) is 19.8 Å². The van der Waals surface area contributed by atoms with E-state index in [0.29, 0.717) is 6.54 Å². The van der Waals surface area contributed by atoms with Crippen LogP contribution < -0.4 is 0 Å². The third kappa shape index (κ3) is 3.33. The highest BCUT2D eigenvalue weighted by atomic mass is 32.2. The molecule has 0 radical (unpaired) electrons. The van der Waals surface area contributed by atoms with Crippen LogP contribution in [-0.4, -0.2) is 42.4 Å². The molecule has 0 amide bonds. The van der Waals surface area contributed by atoms with Crippen molar-refractivity contribution in [2.75, 3.05) is 13.6 Å². The second kappa shape index (κ2) is 4.74. The van der Waals surface area contributed by atoms with Crippen LogP contribution in [0.3, 0.4) is 0 Å². The fourth-order valence-corrected chi connectivity index (χ4v) is 2.97. The first-order valence-electron chi connectivity index (χ1n) is 5.42. The van der Waals surface area contributed by atoms with Gasteiger partial charge in [0.1, 0.15) is 10.6 Å². The second-order valence-corrected chi connectivity index (χ2v) is 7.42. The molecule has 0 aliphatic rings. The number of carboxylic acid groups (broad SMARTS) is 1. The second-order valence-electron chi connectivity index (χ2n) is 5.38. The number of nitrogens with zero attached hydrogens (tertiary/aromatic N) is 1. The van der Waals surface area contributed by atoms with Gasteiger partial charge in [-0.05, 0) is 11.5 Å². The SMILES string of the molecule is CN(CC(C)(C)C)S(=O)(=O)c1c[nH]c(C(=O)O)c1. The predicted molar refractivity (Wildman–Crippen MR) is 67.0 cm³/mol. The van der Waals surface area contributed by atoms with Gasteiger partial charge in [-0.25, -0.2) is 17.5 Å². The Labute approximate surface area is 107 Å². The third-order valence-electron chi connectivity index (χ3n) is 2.29. The molecule has 0 fully saturated rings. The van der Waals surface area contributed by atoms with Gasteiger partial charge < -0.3 is 10.1 Å². The number of carbonyl (C=O) groups is 1. The van der Waals surface area contributed by atoms with Gasteiger partial charge in [-0.2, -0.15) is 0 Å². The summed E-state index contributed by atoms with van der Waals surface area (Å²) in [5, 5.41) is 8.75. The van der Waals surface area contributed by atoms with E-state index in [2.05, 4.69) is 4.98 Å². The molecular formula is C11H18N2O4S. The first-order chi connectivity index (χ1) is 8.04. The summed E-state index contributed by atoms with van der Waals surface area (Å²) in [4.78, 5) is 13.1. The van der Waals surface area contributed by atoms with Gasteiger partial charge in [-0.1, -0.05) is 20.8 Å². The summed E-state index contributed by atoms with van der Waals surface area (Å²) in [7, 11) is -2.17. The monoisotopic (exact) mass is 274 g/mol. The van der Waals surface area contributed by atoms with E-state index >= 15 is 0 Å². The van der Waals surface area contributed by atoms with Gasteiger partial charge in [0.25, 0.3) is 0 Å². The number of aromatic nitrogens is 1. The highest BCUT2D eigenvalue weighted by molar-refractivity contribution is 7.89. The maximum Gasteiger partial charge on any atom is 0.352 e. The number of H-pyrrole nitrogens is 1. The van der Waals surface area contributed by atoms with Crippen molar-refractivity contribution >= 4 is 16.0 Å². The van der Waals surface area contributed by atoms with E-state index in [1.165, 1.54) is 17.5 Å². The van der Waals surface area contributed by atoms with Crippen molar-refractivity contribution in [1.82, 2.24) is 9.29 Å². The zero-order valence-electron chi connectivity index (χ0n) is 10.9. The number of hydrogen-bond acceptors (Lipinski definition) is 3. The van der Waals surface area contributed by atoms with Crippen LogP contribution in [0.4, 0.5) is 0 Å². The number of carboxylic acids is 1. The van der Waals surface area contributed by atoms with Gasteiger partial charge >= 0.3 is 5.97 Å². The van der Waals surface area contributed by atoms with E-state index in [0.717, 1.165) is 6.07 Å². The minimum atomic E-state index is -3.65. The number of hydrogen-bond donors (Lipinski definition) is 2. The third-order valence-corrected chi connectivity index (χ3v) is 4.07. The molecule has 2 N–H and O–H groups in total. The molecule has 0 spiro atoms. The van der Waals surface area contributed by atoms with Crippen LogP contribution in [0.5, 0.6) is 0 Å². The molecule has 1 heterocycles. The Morgan fingerprint density at radius 3 is 2.39 bits per heavy atom. The molecule has 0 bridgehead atoms. The van der Waals surface area contributed by atoms with Gasteiger partial charge in [0.15, 0.2) is 0 Å². The summed E-state index contributed by atoms with van der Waals surface area (Å²) in [6.45, 7) is 6.14. The fourth-order valence-electron chi connectivity index (χ4n) is 1.58. The average Bonchev–Trinajstić information content (AvgIpc) is 2.63. The normalized spacial score (nSPS) is 12.9. The van der Waals surface area contributed by atoms with Crippen molar-refractivity contribution in [2.45, 2.75) is 25.7 Å². The molecule has 1 aromatic rings. The Morgan fingerprint density at radius 1 is 1.44 bits per heavy atom. The number of aromatic amines is 1. The summed E-state index contributed by atoms with van der Waals surface area (Å²) in [6.07, 6.45) is 1.19. The van der Waals surface area contributed by atoms with Crippen molar-refractivity contribution < 1.29 is 18.3 Å². The largest absolute Gasteiger partial charge is 0.477 e. The van der Waals surface area contributed by atoms with E-state index in [-0.39, 0.29) is 16.0 Å². The Kier molecular flexibility index (Phi) is 3.87. The number of nitrogens with one attached hydrogen (secondary N) is 1. The first kappa shape index (κ1) is 14.7. The minimum absolute atomic E-state index is 0.0355. The Hall–Kier alpha value is -1.34. The smallest absolute Gasteiger partial charge is 0.352 e. The first-order valence-corrected chi connectivity index (χ1v) is 6.86. The zero-order chi connectivity index (χ0) is 14.1. The molecule has 0 aliphatic heterocycles. The number of sulfonamides is 1. The maximum atomic E-state index is 12.2. The van der Waals surface area contributed by atoms with Crippen molar-refractivity contribution in [3.63, 3.8) is 0 Å². The average molecular weight is 274 g/mol. The van der Waals surface area contributed by atoms with Crippen LogP contribution in [0.25, 0.3) is 0 Å². The molecule has 18 heavy (non-hydrogen) atoms. The molecule has 6 nitrogen and oxygen atoms in total. The Bertz CT molecular complexity index is 540. The van der Waals surface area contributed by atoms with E-state index < -0.39 is 16.0 Å². The maximum absolute atomic E-state index is 12.2.